The molecule has 1 N–H and O–H groups in total. The van der Waals surface area contributed by atoms with Crippen molar-refractivity contribution < 1.29 is 13.2 Å². The Hall–Kier alpha value is -1.07. The standard InChI is InChI=1S/C16H25NO3S/c1-4-21(18,19)8-7-20-16-12(2)9-14(10-13(16)3)11-17-15-5-6-15/h9-10,15,17H,4-8,11H2,1-3H3. The number of benzene rings is 1. The molecule has 2 rings (SSSR count). The van der Waals surface area contributed by atoms with Gasteiger partial charge in [0.15, 0.2) is 9.84 Å². The Bertz CT molecular complexity index is 569. The Kier molecular flexibility index (Phi) is 5.27. The lowest BCUT2D eigenvalue weighted by molar-refractivity contribution is 0.336. The van der Waals surface area contributed by atoms with Gasteiger partial charge in [0.25, 0.3) is 0 Å². The van der Waals surface area contributed by atoms with Crippen molar-refractivity contribution in [1.29, 1.82) is 0 Å². The molecule has 0 spiro atoms. The lowest BCUT2D eigenvalue weighted by atomic mass is 10.1. The maximum atomic E-state index is 11.5. The number of hydrogen-bond acceptors (Lipinski definition) is 4. The quantitative estimate of drug-likeness (QED) is 0.801. The fraction of sp³-hybridized carbons (Fsp3) is 0.625. The van der Waals surface area contributed by atoms with E-state index >= 15 is 0 Å². The summed E-state index contributed by atoms with van der Waals surface area (Å²) in [6.45, 7) is 6.79. The van der Waals surface area contributed by atoms with E-state index in [-0.39, 0.29) is 18.1 Å². The van der Waals surface area contributed by atoms with Crippen molar-refractivity contribution in [1.82, 2.24) is 5.32 Å². The largest absolute Gasteiger partial charge is 0.492 e. The number of nitrogens with one attached hydrogen (secondary N) is 1. The number of rotatable bonds is 8. The van der Waals surface area contributed by atoms with Gasteiger partial charge in [-0.05, 0) is 43.4 Å². The van der Waals surface area contributed by atoms with Gasteiger partial charge in [0.2, 0.25) is 0 Å². The molecule has 0 radical (unpaired) electrons. The van der Waals surface area contributed by atoms with Crippen LogP contribution < -0.4 is 10.1 Å². The molecule has 5 heteroatoms. The van der Waals surface area contributed by atoms with Crippen molar-refractivity contribution in [3.05, 3.63) is 28.8 Å². The van der Waals surface area contributed by atoms with Crippen molar-refractivity contribution in [3.63, 3.8) is 0 Å². The van der Waals surface area contributed by atoms with E-state index in [1.54, 1.807) is 6.92 Å². The van der Waals surface area contributed by atoms with Crippen LogP contribution in [0.3, 0.4) is 0 Å². The molecule has 4 nitrogen and oxygen atoms in total. The predicted molar refractivity (Wildman–Crippen MR) is 85.6 cm³/mol. The minimum absolute atomic E-state index is 0.0768. The van der Waals surface area contributed by atoms with Crippen molar-refractivity contribution in [2.45, 2.75) is 46.2 Å². The maximum Gasteiger partial charge on any atom is 0.153 e. The molecule has 0 saturated heterocycles. The van der Waals surface area contributed by atoms with E-state index in [9.17, 15) is 8.42 Å². The Morgan fingerprint density at radius 3 is 2.38 bits per heavy atom. The molecule has 0 aromatic heterocycles. The summed E-state index contributed by atoms with van der Waals surface area (Å²) >= 11 is 0. The average Bonchev–Trinajstić information content (AvgIpc) is 3.23. The zero-order chi connectivity index (χ0) is 15.5. The molecule has 1 saturated carbocycles. The second-order valence-corrected chi connectivity index (χ2v) is 8.27. The second-order valence-electron chi connectivity index (χ2n) is 5.80. The Balaban J connectivity index is 1.95. The van der Waals surface area contributed by atoms with Crippen molar-refractivity contribution in [2.75, 3.05) is 18.1 Å². The molecular formula is C16H25NO3S. The zero-order valence-electron chi connectivity index (χ0n) is 13.1. The SMILES string of the molecule is CCS(=O)(=O)CCOc1c(C)cc(CNC2CC2)cc1C. The van der Waals surface area contributed by atoms with Crippen molar-refractivity contribution >= 4 is 9.84 Å². The van der Waals surface area contributed by atoms with Crippen LogP contribution in [0.25, 0.3) is 0 Å². The highest BCUT2D eigenvalue weighted by Gasteiger charge is 2.20. The third-order valence-electron chi connectivity index (χ3n) is 3.77. The lowest BCUT2D eigenvalue weighted by Crippen LogP contribution is -2.17. The van der Waals surface area contributed by atoms with Gasteiger partial charge in [0.1, 0.15) is 12.4 Å². The molecule has 0 unspecified atom stereocenters. The lowest BCUT2D eigenvalue weighted by Gasteiger charge is -2.14. The topological polar surface area (TPSA) is 55.4 Å². The molecule has 1 fully saturated rings. The summed E-state index contributed by atoms with van der Waals surface area (Å²) in [5.41, 5.74) is 3.39. The first-order valence-electron chi connectivity index (χ1n) is 7.58. The normalized spacial score (nSPS) is 15.2. The molecule has 0 atom stereocenters. The van der Waals surface area contributed by atoms with E-state index in [2.05, 4.69) is 17.4 Å². The Labute approximate surface area is 127 Å². The van der Waals surface area contributed by atoms with Crippen LogP contribution >= 0.6 is 0 Å². The van der Waals surface area contributed by atoms with Crippen LogP contribution in [0.2, 0.25) is 0 Å². The average molecular weight is 311 g/mol. The van der Waals surface area contributed by atoms with Crippen molar-refractivity contribution in [3.8, 4) is 5.75 Å². The fourth-order valence-electron chi connectivity index (χ4n) is 2.33. The van der Waals surface area contributed by atoms with Crippen LogP contribution in [-0.2, 0) is 16.4 Å². The maximum absolute atomic E-state index is 11.5. The number of sulfone groups is 1. The smallest absolute Gasteiger partial charge is 0.153 e. The van der Waals surface area contributed by atoms with Gasteiger partial charge in [0, 0.05) is 18.3 Å². The summed E-state index contributed by atoms with van der Waals surface area (Å²) in [7, 11) is -2.97. The van der Waals surface area contributed by atoms with Gasteiger partial charge in [-0.25, -0.2) is 8.42 Å². The van der Waals surface area contributed by atoms with Crippen LogP contribution in [0.15, 0.2) is 12.1 Å². The summed E-state index contributed by atoms with van der Waals surface area (Å²) < 4.78 is 28.7. The van der Waals surface area contributed by atoms with Gasteiger partial charge in [-0.15, -0.1) is 0 Å². The first-order valence-corrected chi connectivity index (χ1v) is 9.40. The third kappa shape index (κ3) is 5.00. The monoisotopic (exact) mass is 311 g/mol. The van der Waals surface area contributed by atoms with Crippen LogP contribution in [0.4, 0.5) is 0 Å². The van der Waals surface area contributed by atoms with Crippen LogP contribution in [0.5, 0.6) is 5.75 Å². The summed E-state index contributed by atoms with van der Waals surface area (Å²) in [5, 5.41) is 3.50. The molecule has 21 heavy (non-hydrogen) atoms. The molecule has 1 aromatic rings. The molecule has 0 bridgehead atoms. The molecule has 1 aromatic carbocycles. The molecule has 0 amide bonds. The van der Waals surface area contributed by atoms with E-state index in [1.165, 1.54) is 18.4 Å². The first kappa shape index (κ1) is 16.3. The molecule has 118 valence electrons. The Morgan fingerprint density at radius 2 is 1.86 bits per heavy atom. The van der Waals surface area contributed by atoms with Crippen LogP contribution in [0.1, 0.15) is 36.5 Å². The summed E-state index contributed by atoms with van der Waals surface area (Å²) in [4.78, 5) is 0. The Morgan fingerprint density at radius 1 is 1.24 bits per heavy atom. The van der Waals surface area contributed by atoms with Crippen molar-refractivity contribution in [2.24, 2.45) is 0 Å². The minimum atomic E-state index is -2.97. The molecule has 0 heterocycles. The van der Waals surface area contributed by atoms with E-state index in [0.29, 0.717) is 6.04 Å². The van der Waals surface area contributed by atoms with Gasteiger partial charge in [0.05, 0.1) is 5.75 Å². The molecule has 1 aliphatic carbocycles. The highest BCUT2D eigenvalue weighted by molar-refractivity contribution is 7.91. The summed E-state index contributed by atoms with van der Waals surface area (Å²) in [5.74, 6) is 1.06. The highest BCUT2D eigenvalue weighted by Crippen LogP contribution is 2.26. The van der Waals surface area contributed by atoms with Gasteiger partial charge < -0.3 is 10.1 Å². The van der Waals surface area contributed by atoms with Gasteiger partial charge in [-0.2, -0.15) is 0 Å². The highest BCUT2D eigenvalue weighted by atomic mass is 32.2. The third-order valence-corrected chi connectivity index (χ3v) is 5.44. The summed E-state index contributed by atoms with van der Waals surface area (Å²) in [6.07, 6.45) is 2.57. The number of hydrogen-bond donors (Lipinski definition) is 1. The van der Waals surface area contributed by atoms with E-state index < -0.39 is 9.84 Å². The predicted octanol–water partition coefficient (Wildman–Crippen LogP) is 2.37. The minimum Gasteiger partial charge on any atom is -0.492 e. The summed E-state index contributed by atoms with van der Waals surface area (Å²) in [6, 6.07) is 4.93. The van der Waals surface area contributed by atoms with Crippen LogP contribution in [-0.4, -0.2) is 32.6 Å². The second kappa shape index (κ2) is 6.79. The van der Waals surface area contributed by atoms with E-state index in [0.717, 1.165) is 23.4 Å². The molecular weight excluding hydrogens is 286 g/mol. The number of aryl methyl sites for hydroxylation is 2. The molecule has 1 aliphatic rings. The van der Waals surface area contributed by atoms with Crippen LogP contribution in [0, 0.1) is 13.8 Å². The number of ether oxygens (including phenoxy) is 1. The van der Waals surface area contributed by atoms with E-state index in [4.69, 9.17) is 4.74 Å². The first-order chi connectivity index (χ1) is 9.91. The molecule has 0 aliphatic heterocycles. The van der Waals surface area contributed by atoms with E-state index in [1.807, 2.05) is 13.8 Å². The van der Waals surface area contributed by atoms with Gasteiger partial charge in [-0.3, -0.25) is 0 Å². The van der Waals surface area contributed by atoms with Gasteiger partial charge >= 0.3 is 0 Å². The van der Waals surface area contributed by atoms with Gasteiger partial charge in [-0.1, -0.05) is 19.1 Å². The zero-order valence-corrected chi connectivity index (χ0v) is 13.9. The fourth-order valence-corrected chi connectivity index (χ4v) is 2.96.